The summed E-state index contributed by atoms with van der Waals surface area (Å²) in [7, 11) is 0.983. The molecule has 3 N–H and O–H groups in total. The van der Waals surface area contributed by atoms with Crippen molar-refractivity contribution in [3.63, 3.8) is 0 Å². The first-order valence-corrected chi connectivity index (χ1v) is 4.10. The molecule has 0 bridgehead atoms. The molecule has 96 valence electrons. The van der Waals surface area contributed by atoms with E-state index in [1.807, 2.05) is 0 Å². The first-order valence-electron chi connectivity index (χ1n) is 4.10. The molecule has 0 amide bonds. The Balaban J connectivity index is 0.00000256. The van der Waals surface area contributed by atoms with Crippen molar-refractivity contribution in [2.24, 2.45) is 5.73 Å². The minimum atomic E-state index is -1.81. The third kappa shape index (κ3) is 2.80. The number of phenolic OH excluding ortho intramolecular Hbond substituents is 1. The highest BCUT2D eigenvalue weighted by Crippen LogP contribution is 2.29. The molecule has 0 heterocycles. The number of benzene rings is 1. The maximum Gasteiger partial charge on any atom is 0.327 e. The summed E-state index contributed by atoms with van der Waals surface area (Å²) < 4.78 is 42.9. The summed E-state index contributed by atoms with van der Waals surface area (Å²) in [6, 6.07) is -1.39. The lowest BCUT2D eigenvalue weighted by molar-refractivity contribution is -0.142. The van der Waals surface area contributed by atoms with E-state index in [0.29, 0.717) is 6.07 Å². The molecule has 1 rings (SSSR count). The van der Waals surface area contributed by atoms with Gasteiger partial charge in [-0.2, -0.15) is 0 Å². The topological polar surface area (TPSA) is 72.5 Å². The van der Waals surface area contributed by atoms with Crippen molar-refractivity contribution in [1.29, 1.82) is 0 Å². The molecule has 0 saturated heterocycles. The molecule has 0 aliphatic heterocycles. The van der Waals surface area contributed by atoms with E-state index >= 15 is 0 Å². The van der Waals surface area contributed by atoms with E-state index in [1.165, 1.54) is 0 Å². The molecule has 0 spiro atoms. The Morgan fingerprint density at radius 3 is 2.41 bits per heavy atom. The normalized spacial score (nSPS) is 11.6. The van der Waals surface area contributed by atoms with Gasteiger partial charge in [0.2, 0.25) is 0 Å². The lowest BCUT2D eigenvalue weighted by atomic mass is 10.1. The number of carbonyl (C=O) groups is 1. The largest absolute Gasteiger partial charge is 0.507 e. The predicted octanol–water partition coefficient (Wildman–Crippen LogP) is 1.40. The third-order valence-corrected chi connectivity index (χ3v) is 1.94. The highest BCUT2D eigenvalue weighted by Gasteiger charge is 2.28. The summed E-state index contributed by atoms with van der Waals surface area (Å²) in [6.45, 7) is 0. The number of carbonyl (C=O) groups excluding carboxylic acids is 1. The van der Waals surface area contributed by atoms with Crippen LogP contribution in [-0.2, 0) is 9.53 Å². The number of phenols is 1. The SMILES string of the molecule is COC(=O)[C@@H](N)c1c(O)cc(F)c(F)c1F.Cl. The molecule has 0 aliphatic carbocycles. The molecule has 1 aromatic carbocycles. The number of nitrogens with two attached hydrogens (primary N) is 1. The summed E-state index contributed by atoms with van der Waals surface area (Å²) in [5.41, 5.74) is 4.36. The van der Waals surface area contributed by atoms with Crippen molar-refractivity contribution in [3.8, 4) is 5.75 Å². The van der Waals surface area contributed by atoms with Crippen LogP contribution in [0.15, 0.2) is 6.07 Å². The zero-order valence-electron chi connectivity index (χ0n) is 8.54. The van der Waals surface area contributed by atoms with Crippen LogP contribution in [0.4, 0.5) is 13.2 Å². The van der Waals surface area contributed by atoms with Crippen molar-refractivity contribution in [3.05, 3.63) is 29.1 Å². The zero-order valence-corrected chi connectivity index (χ0v) is 9.35. The summed E-state index contributed by atoms with van der Waals surface area (Å²) in [5.74, 6) is -7.13. The van der Waals surface area contributed by atoms with Gasteiger partial charge in [0.25, 0.3) is 0 Å². The Morgan fingerprint density at radius 1 is 1.41 bits per heavy atom. The molecule has 0 unspecified atom stereocenters. The van der Waals surface area contributed by atoms with Gasteiger partial charge in [0.15, 0.2) is 17.5 Å². The van der Waals surface area contributed by atoms with Crippen molar-refractivity contribution < 1.29 is 27.8 Å². The Morgan fingerprint density at radius 2 is 1.94 bits per heavy atom. The lowest BCUT2D eigenvalue weighted by Crippen LogP contribution is -2.24. The van der Waals surface area contributed by atoms with Gasteiger partial charge in [-0.15, -0.1) is 12.4 Å². The van der Waals surface area contributed by atoms with Crippen molar-refractivity contribution in [1.82, 2.24) is 0 Å². The molecule has 4 nitrogen and oxygen atoms in total. The van der Waals surface area contributed by atoms with E-state index in [1.54, 1.807) is 0 Å². The Labute approximate surface area is 101 Å². The van der Waals surface area contributed by atoms with Crippen LogP contribution in [0.2, 0.25) is 0 Å². The maximum absolute atomic E-state index is 13.2. The molecule has 0 fully saturated rings. The number of ether oxygens (including phenoxy) is 1. The molecular weight excluding hydrogens is 263 g/mol. The van der Waals surface area contributed by atoms with Crippen molar-refractivity contribution in [2.75, 3.05) is 7.11 Å². The molecule has 1 aromatic rings. The maximum atomic E-state index is 13.2. The molecule has 17 heavy (non-hydrogen) atoms. The van der Waals surface area contributed by atoms with Crippen LogP contribution in [0.5, 0.6) is 5.75 Å². The predicted molar refractivity (Wildman–Crippen MR) is 54.2 cm³/mol. The van der Waals surface area contributed by atoms with Gasteiger partial charge in [0.05, 0.1) is 12.7 Å². The molecular formula is C9H9ClF3NO3. The minimum Gasteiger partial charge on any atom is -0.507 e. The monoisotopic (exact) mass is 271 g/mol. The zero-order chi connectivity index (χ0) is 12.5. The second-order valence-electron chi connectivity index (χ2n) is 2.92. The Bertz CT molecular complexity index is 442. The molecule has 0 radical (unpaired) electrons. The Kier molecular flexibility index (Phi) is 5.24. The second-order valence-corrected chi connectivity index (χ2v) is 2.92. The summed E-state index contributed by atoms with van der Waals surface area (Å²) in [4.78, 5) is 11.0. The number of methoxy groups -OCH3 is 1. The fourth-order valence-electron chi connectivity index (χ4n) is 1.14. The molecule has 0 aromatic heterocycles. The number of esters is 1. The van der Waals surface area contributed by atoms with E-state index in [2.05, 4.69) is 4.74 Å². The number of halogens is 4. The number of rotatable bonds is 2. The average molecular weight is 272 g/mol. The molecule has 0 saturated carbocycles. The smallest absolute Gasteiger partial charge is 0.327 e. The van der Waals surface area contributed by atoms with Gasteiger partial charge < -0.3 is 15.6 Å². The van der Waals surface area contributed by atoms with Crippen LogP contribution in [0, 0.1) is 17.5 Å². The highest BCUT2D eigenvalue weighted by molar-refractivity contribution is 5.85. The van der Waals surface area contributed by atoms with E-state index in [-0.39, 0.29) is 12.4 Å². The molecule has 0 aliphatic rings. The van der Waals surface area contributed by atoms with Gasteiger partial charge in [-0.25, -0.2) is 13.2 Å². The average Bonchev–Trinajstić information content (AvgIpc) is 2.24. The molecule has 1 atom stereocenters. The first-order chi connectivity index (χ1) is 7.40. The van der Waals surface area contributed by atoms with Gasteiger partial charge in [-0.1, -0.05) is 0 Å². The second kappa shape index (κ2) is 5.74. The number of aromatic hydroxyl groups is 1. The standard InChI is InChI=1S/C9H8F3NO3.ClH/c1-16-9(15)8(13)5-4(14)2-3(10)6(11)7(5)12;/h2,8,14H,13H2,1H3;1H/t8-;/m0./s1. The minimum absolute atomic E-state index is 0. The van der Waals surface area contributed by atoms with E-state index < -0.39 is 40.8 Å². The van der Waals surface area contributed by atoms with Crippen LogP contribution in [-0.4, -0.2) is 18.2 Å². The van der Waals surface area contributed by atoms with Crippen LogP contribution in [0.3, 0.4) is 0 Å². The van der Waals surface area contributed by atoms with E-state index in [4.69, 9.17) is 5.73 Å². The summed E-state index contributed by atoms with van der Waals surface area (Å²) in [6.07, 6.45) is 0. The van der Waals surface area contributed by atoms with Gasteiger partial charge in [0, 0.05) is 6.07 Å². The van der Waals surface area contributed by atoms with Gasteiger partial charge >= 0.3 is 5.97 Å². The van der Waals surface area contributed by atoms with E-state index in [9.17, 15) is 23.1 Å². The quantitative estimate of drug-likeness (QED) is 0.630. The summed E-state index contributed by atoms with van der Waals surface area (Å²) >= 11 is 0. The van der Waals surface area contributed by atoms with Crippen LogP contribution in [0.25, 0.3) is 0 Å². The molecule has 8 heteroatoms. The van der Waals surface area contributed by atoms with Crippen molar-refractivity contribution >= 4 is 18.4 Å². The van der Waals surface area contributed by atoms with Crippen LogP contribution < -0.4 is 5.73 Å². The first kappa shape index (κ1) is 15.5. The fourth-order valence-corrected chi connectivity index (χ4v) is 1.14. The van der Waals surface area contributed by atoms with E-state index in [0.717, 1.165) is 7.11 Å². The van der Waals surface area contributed by atoms with Gasteiger partial charge in [-0.3, -0.25) is 4.79 Å². The number of hydrogen-bond donors (Lipinski definition) is 2. The Hall–Kier alpha value is -1.47. The lowest BCUT2D eigenvalue weighted by Gasteiger charge is -2.12. The van der Waals surface area contributed by atoms with Crippen LogP contribution >= 0.6 is 12.4 Å². The van der Waals surface area contributed by atoms with Crippen molar-refractivity contribution in [2.45, 2.75) is 6.04 Å². The highest BCUT2D eigenvalue weighted by atomic mass is 35.5. The summed E-state index contributed by atoms with van der Waals surface area (Å²) in [5, 5.41) is 9.18. The fraction of sp³-hybridized carbons (Fsp3) is 0.222. The number of hydrogen-bond acceptors (Lipinski definition) is 4. The van der Waals surface area contributed by atoms with Crippen LogP contribution in [0.1, 0.15) is 11.6 Å². The van der Waals surface area contributed by atoms with Gasteiger partial charge in [0.1, 0.15) is 11.8 Å². The van der Waals surface area contributed by atoms with Gasteiger partial charge in [-0.05, 0) is 0 Å². The third-order valence-electron chi connectivity index (χ3n) is 1.94.